The van der Waals surface area contributed by atoms with Crippen molar-refractivity contribution in [2.75, 3.05) is 19.8 Å². The number of hydrogen-bond donors (Lipinski definition) is 0. The minimum atomic E-state index is -0.536. The molecule has 2 aromatic rings. The average molecular weight is 408 g/mol. The van der Waals surface area contributed by atoms with Crippen LogP contribution in [0.3, 0.4) is 0 Å². The van der Waals surface area contributed by atoms with Crippen LogP contribution in [0.2, 0.25) is 0 Å². The highest BCUT2D eigenvalue weighted by atomic mass is 16.6. The predicted octanol–water partition coefficient (Wildman–Crippen LogP) is 5.13. The van der Waals surface area contributed by atoms with Crippen molar-refractivity contribution in [3.63, 3.8) is 0 Å². The topological polar surface area (TPSA) is 55.8 Å². The summed E-state index contributed by atoms with van der Waals surface area (Å²) in [5.41, 5.74) is 4.76. The first-order chi connectivity index (χ1) is 14.7. The van der Waals surface area contributed by atoms with Gasteiger partial charge in [0.25, 0.3) is 0 Å². The summed E-state index contributed by atoms with van der Waals surface area (Å²) < 4.78 is 11.1. The summed E-state index contributed by atoms with van der Waals surface area (Å²) in [6.45, 7) is 3.26. The van der Waals surface area contributed by atoms with E-state index in [1.807, 2.05) is 24.3 Å². The Balaban J connectivity index is 1.44. The summed E-state index contributed by atoms with van der Waals surface area (Å²) >= 11 is 0. The van der Waals surface area contributed by atoms with Crippen LogP contribution in [0.15, 0.2) is 48.5 Å². The number of nitrogens with zero attached hydrogens (tertiary/aromatic N) is 1. The van der Waals surface area contributed by atoms with Crippen LogP contribution in [0.25, 0.3) is 11.1 Å². The maximum Gasteiger partial charge on any atom is 0.410 e. The quantitative estimate of drug-likeness (QED) is 0.492. The number of esters is 1. The van der Waals surface area contributed by atoms with Gasteiger partial charge in [0.1, 0.15) is 12.6 Å². The van der Waals surface area contributed by atoms with E-state index in [1.54, 1.807) is 4.90 Å². The van der Waals surface area contributed by atoms with Crippen molar-refractivity contribution < 1.29 is 19.1 Å². The lowest BCUT2D eigenvalue weighted by Crippen LogP contribution is -2.49. The second kappa shape index (κ2) is 9.33. The van der Waals surface area contributed by atoms with Crippen molar-refractivity contribution >= 4 is 12.1 Å². The Morgan fingerprint density at radius 2 is 1.63 bits per heavy atom. The molecule has 4 rings (SSSR count). The van der Waals surface area contributed by atoms with Gasteiger partial charge < -0.3 is 9.47 Å². The number of likely N-dealkylation sites (tertiary alicyclic amines) is 1. The third kappa shape index (κ3) is 4.07. The fourth-order valence-electron chi connectivity index (χ4n) is 4.49. The van der Waals surface area contributed by atoms with E-state index in [2.05, 4.69) is 31.2 Å². The second-order valence-corrected chi connectivity index (χ2v) is 8.03. The van der Waals surface area contributed by atoms with Gasteiger partial charge in [0, 0.05) is 12.5 Å². The van der Waals surface area contributed by atoms with Crippen LogP contribution in [0.4, 0.5) is 4.79 Å². The zero-order chi connectivity index (χ0) is 20.9. The Morgan fingerprint density at radius 1 is 0.967 bits per heavy atom. The summed E-state index contributed by atoms with van der Waals surface area (Å²) in [5.74, 6) is -0.294. The zero-order valence-corrected chi connectivity index (χ0v) is 17.5. The number of hydrogen-bond acceptors (Lipinski definition) is 4. The molecule has 2 aliphatic rings. The van der Waals surface area contributed by atoms with Gasteiger partial charge in [-0.2, -0.15) is 0 Å². The number of ether oxygens (including phenoxy) is 2. The lowest BCUT2D eigenvalue weighted by atomic mass is 9.98. The van der Waals surface area contributed by atoms with Crippen molar-refractivity contribution in [3.05, 3.63) is 59.7 Å². The monoisotopic (exact) mass is 407 g/mol. The Labute approximate surface area is 178 Å². The van der Waals surface area contributed by atoms with Gasteiger partial charge in [0.2, 0.25) is 0 Å². The first-order valence-corrected chi connectivity index (χ1v) is 11.0. The van der Waals surface area contributed by atoms with E-state index >= 15 is 0 Å². The number of amides is 1. The molecule has 0 unspecified atom stereocenters. The highest BCUT2D eigenvalue weighted by Crippen LogP contribution is 2.44. The Kier molecular flexibility index (Phi) is 6.36. The van der Waals surface area contributed by atoms with Crippen molar-refractivity contribution in [2.24, 2.45) is 0 Å². The molecule has 0 saturated carbocycles. The molecule has 1 fully saturated rings. The molecule has 5 nitrogen and oxygen atoms in total. The lowest BCUT2D eigenvalue weighted by molar-refractivity contribution is -0.150. The molecule has 0 N–H and O–H groups in total. The van der Waals surface area contributed by atoms with Crippen LogP contribution in [0.1, 0.15) is 56.1 Å². The smallest absolute Gasteiger partial charge is 0.410 e. The molecule has 1 atom stereocenters. The van der Waals surface area contributed by atoms with Crippen molar-refractivity contribution in [1.82, 2.24) is 4.90 Å². The van der Waals surface area contributed by atoms with E-state index in [1.165, 1.54) is 22.3 Å². The van der Waals surface area contributed by atoms with Crippen LogP contribution in [0, 0.1) is 0 Å². The summed E-state index contributed by atoms with van der Waals surface area (Å²) in [6, 6.07) is 16.0. The average Bonchev–Trinajstić information content (AvgIpc) is 3.11. The van der Waals surface area contributed by atoms with Crippen molar-refractivity contribution in [2.45, 2.75) is 51.0 Å². The number of piperidine rings is 1. The van der Waals surface area contributed by atoms with E-state index in [0.29, 0.717) is 19.6 Å². The molecule has 0 spiro atoms. The largest absolute Gasteiger partial charge is 0.464 e. The molecule has 2 aromatic carbocycles. The van der Waals surface area contributed by atoms with Gasteiger partial charge in [-0.3, -0.25) is 4.90 Å². The summed E-state index contributed by atoms with van der Waals surface area (Å²) in [5, 5.41) is 0. The van der Waals surface area contributed by atoms with Gasteiger partial charge in [-0.15, -0.1) is 0 Å². The van der Waals surface area contributed by atoms with Crippen LogP contribution in [-0.2, 0) is 14.3 Å². The molecule has 1 heterocycles. The van der Waals surface area contributed by atoms with Gasteiger partial charge in [0.05, 0.1) is 6.61 Å². The molecule has 30 heavy (non-hydrogen) atoms. The Bertz CT molecular complexity index is 864. The standard InChI is InChI=1S/C25H29NO4/c1-2-3-16-29-24(27)23-14-8-9-15-26(23)25(28)30-17-22-20-12-6-4-10-18(20)19-11-5-7-13-21(19)22/h4-7,10-13,22-23H,2-3,8-9,14-17H2,1H3/t23-/m0/s1. The third-order valence-electron chi connectivity index (χ3n) is 6.09. The molecular weight excluding hydrogens is 378 g/mol. The molecule has 158 valence electrons. The van der Waals surface area contributed by atoms with Crippen LogP contribution in [-0.4, -0.2) is 42.8 Å². The van der Waals surface area contributed by atoms with Gasteiger partial charge >= 0.3 is 12.1 Å². The molecule has 1 aliphatic heterocycles. The van der Waals surface area contributed by atoms with Crippen molar-refractivity contribution in [3.8, 4) is 11.1 Å². The number of fused-ring (bicyclic) bond motifs is 3. The number of unbranched alkanes of at least 4 members (excludes halogenated alkanes) is 1. The second-order valence-electron chi connectivity index (χ2n) is 8.03. The molecule has 5 heteroatoms. The van der Waals surface area contributed by atoms with E-state index in [0.717, 1.165) is 25.7 Å². The van der Waals surface area contributed by atoms with E-state index in [9.17, 15) is 9.59 Å². The van der Waals surface area contributed by atoms with Gasteiger partial charge in [0.15, 0.2) is 0 Å². The molecule has 0 bridgehead atoms. The molecular formula is C25H29NO4. The lowest BCUT2D eigenvalue weighted by Gasteiger charge is -2.33. The molecule has 1 amide bonds. The number of benzene rings is 2. The maximum atomic E-state index is 12.9. The van der Waals surface area contributed by atoms with Crippen LogP contribution in [0.5, 0.6) is 0 Å². The number of carbonyl (C=O) groups excluding carboxylic acids is 2. The normalized spacial score (nSPS) is 17.9. The van der Waals surface area contributed by atoms with E-state index < -0.39 is 12.1 Å². The third-order valence-corrected chi connectivity index (χ3v) is 6.09. The van der Waals surface area contributed by atoms with E-state index in [-0.39, 0.29) is 18.5 Å². The number of carbonyl (C=O) groups is 2. The SMILES string of the molecule is CCCCOC(=O)[C@@H]1CCCCN1C(=O)OCC1c2ccccc2-c2ccccc21. The highest BCUT2D eigenvalue weighted by molar-refractivity contribution is 5.82. The van der Waals surface area contributed by atoms with Crippen molar-refractivity contribution in [1.29, 1.82) is 0 Å². The fourth-order valence-corrected chi connectivity index (χ4v) is 4.49. The minimum Gasteiger partial charge on any atom is -0.464 e. The Hall–Kier alpha value is -2.82. The first-order valence-electron chi connectivity index (χ1n) is 11.0. The minimum absolute atomic E-state index is 0.0149. The number of rotatable bonds is 6. The Morgan fingerprint density at radius 3 is 2.30 bits per heavy atom. The summed E-state index contributed by atoms with van der Waals surface area (Å²) in [6.07, 6.45) is 3.81. The zero-order valence-electron chi connectivity index (χ0n) is 17.5. The maximum absolute atomic E-state index is 12.9. The van der Waals surface area contributed by atoms with E-state index in [4.69, 9.17) is 9.47 Å². The summed E-state index contributed by atoms with van der Waals surface area (Å²) in [4.78, 5) is 27.0. The summed E-state index contributed by atoms with van der Waals surface area (Å²) in [7, 11) is 0. The highest BCUT2D eigenvalue weighted by Gasteiger charge is 2.35. The molecule has 0 aromatic heterocycles. The molecule has 0 radical (unpaired) electrons. The first kappa shape index (κ1) is 20.5. The molecule has 1 saturated heterocycles. The van der Waals surface area contributed by atoms with Gasteiger partial charge in [-0.1, -0.05) is 61.9 Å². The van der Waals surface area contributed by atoms with Crippen LogP contribution < -0.4 is 0 Å². The molecule has 1 aliphatic carbocycles. The van der Waals surface area contributed by atoms with Crippen LogP contribution >= 0.6 is 0 Å². The predicted molar refractivity (Wildman–Crippen MR) is 115 cm³/mol. The van der Waals surface area contributed by atoms with Gasteiger partial charge in [-0.05, 0) is 47.9 Å². The van der Waals surface area contributed by atoms with Gasteiger partial charge in [-0.25, -0.2) is 9.59 Å². The fraction of sp³-hybridized carbons (Fsp3) is 0.440.